The van der Waals surface area contributed by atoms with Crippen LogP contribution in [0.15, 0.2) is 72.8 Å². The van der Waals surface area contributed by atoms with Crippen LogP contribution in [-0.4, -0.2) is 18.9 Å². The summed E-state index contributed by atoms with van der Waals surface area (Å²) in [5.41, 5.74) is 4.38. The molecule has 0 spiro atoms. The van der Waals surface area contributed by atoms with Gasteiger partial charge in [-0.3, -0.25) is 9.59 Å². The third-order valence-corrected chi connectivity index (χ3v) is 7.34. The molecule has 2 amide bonds. The van der Waals surface area contributed by atoms with E-state index >= 15 is 0 Å². The van der Waals surface area contributed by atoms with Gasteiger partial charge in [-0.05, 0) is 41.3 Å². The van der Waals surface area contributed by atoms with E-state index in [1.165, 1.54) is 27.2 Å². The van der Waals surface area contributed by atoms with Gasteiger partial charge in [0.2, 0.25) is 11.8 Å². The zero-order valence-corrected chi connectivity index (χ0v) is 16.8. The molecule has 4 aliphatic rings. The van der Waals surface area contributed by atoms with Crippen LogP contribution in [0, 0.1) is 11.3 Å². The van der Waals surface area contributed by atoms with Crippen LogP contribution in [0.5, 0.6) is 5.75 Å². The number of carbonyl (C=O) groups excluding carboxylic acids is 2. The van der Waals surface area contributed by atoms with E-state index in [1.54, 1.807) is 19.2 Å². The normalized spacial score (nSPS) is 28.2. The molecule has 3 aromatic rings. The predicted molar refractivity (Wildman–Crippen MR) is 114 cm³/mol. The van der Waals surface area contributed by atoms with Crippen LogP contribution in [0.4, 0.5) is 5.69 Å². The first kappa shape index (κ1) is 17.5. The summed E-state index contributed by atoms with van der Waals surface area (Å²) in [5, 5.41) is 0. The zero-order valence-electron chi connectivity index (χ0n) is 16.8. The summed E-state index contributed by atoms with van der Waals surface area (Å²) in [7, 11) is 1.56. The Kier molecular flexibility index (Phi) is 3.39. The molecule has 1 aliphatic heterocycles. The maximum atomic E-state index is 14.0. The molecule has 0 radical (unpaired) electrons. The van der Waals surface area contributed by atoms with Crippen LogP contribution in [-0.2, 0) is 9.59 Å². The van der Waals surface area contributed by atoms with E-state index in [1.807, 2.05) is 43.3 Å². The Balaban J connectivity index is 1.62. The lowest BCUT2D eigenvalue weighted by atomic mass is 9.48. The fraction of sp³-hybridized carbons (Fsp3) is 0.231. The standard InChI is InChI=1S/C26H21NO3/c1-26-22-17-11-5-3-9-15(17)21(16-10-4-6-12-18(16)22)23(26)24(28)27(25(26)29)19-13-7-8-14-20(19)30-2/h3-14,21-23H,1-2H3/t21?,22?,23-,26-/m1/s1. The van der Waals surface area contributed by atoms with Crippen LogP contribution in [0.2, 0.25) is 0 Å². The number of methoxy groups -OCH3 is 1. The minimum atomic E-state index is -0.828. The molecule has 4 nitrogen and oxygen atoms in total. The van der Waals surface area contributed by atoms with Gasteiger partial charge in [0.1, 0.15) is 5.75 Å². The van der Waals surface area contributed by atoms with Crippen molar-refractivity contribution in [1.29, 1.82) is 0 Å². The summed E-state index contributed by atoms with van der Waals surface area (Å²) in [6, 6.07) is 23.8. The zero-order chi connectivity index (χ0) is 20.6. The second-order valence-electron chi connectivity index (χ2n) is 8.58. The SMILES string of the molecule is COc1ccccc1N1C(=O)[C@H]2C3c4ccccc4C(c4ccccc43)[C@@]2(C)C1=O. The molecule has 3 aliphatic carbocycles. The molecule has 0 saturated carbocycles. The first-order valence-electron chi connectivity index (χ1n) is 10.3. The maximum absolute atomic E-state index is 14.0. The molecular formula is C26H21NO3. The minimum absolute atomic E-state index is 0.122. The number of ether oxygens (including phenoxy) is 1. The first-order valence-corrected chi connectivity index (χ1v) is 10.3. The average Bonchev–Trinajstić information content (AvgIpc) is 2.99. The van der Waals surface area contributed by atoms with Gasteiger partial charge in [0, 0.05) is 11.8 Å². The summed E-state index contributed by atoms with van der Waals surface area (Å²) >= 11 is 0. The van der Waals surface area contributed by atoms with Gasteiger partial charge in [0.25, 0.3) is 0 Å². The molecule has 3 aromatic carbocycles. The van der Waals surface area contributed by atoms with E-state index in [-0.39, 0.29) is 23.7 Å². The minimum Gasteiger partial charge on any atom is -0.495 e. The predicted octanol–water partition coefficient (Wildman–Crippen LogP) is 4.48. The Bertz CT molecular complexity index is 1180. The molecule has 148 valence electrons. The van der Waals surface area contributed by atoms with Gasteiger partial charge >= 0.3 is 0 Å². The second-order valence-corrected chi connectivity index (χ2v) is 8.58. The van der Waals surface area contributed by atoms with E-state index in [9.17, 15) is 9.59 Å². The van der Waals surface area contributed by atoms with Crippen molar-refractivity contribution in [3.05, 3.63) is 95.1 Å². The summed E-state index contributed by atoms with van der Waals surface area (Å²) in [5.74, 6) is -0.430. The Morgan fingerprint density at radius 2 is 1.33 bits per heavy atom. The van der Waals surface area contributed by atoms with Crippen molar-refractivity contribution in [2.45, 2.75) is 18.8 Å². The van der Waals surface area contributed by atoms with Crippen LogP contribution in [0.25, 0.3) is 0 Å². The number of carbonyl (C=O) groups is 2. The third-order valence-electron chi connectivity index (χ3n) is 7.34. The highest BCUT2D eigenvalue weighted by Gasteiger charge is 2.69. The molecule has 1 saturated heterocycles. The fourth-order valence-corrected chi connectivity index (χ4v) is 6.16. The Hall–Kier alpha value is -3.40. The van der Waals surface area contributed by atoms with Crippen molar-refractivity contribution in [1.82, 2.24) is 0 Å². The molecule has 0 aromatic heterocycles. The molecule has 4 heteroatoms. The smallest absolute Gasteiger partial charge is 0.241 e. The largest absolute Gasteiger partial charge is 0.495 e. The number of benzene rings is 3. The Morgan fingerprint density at radius 1 is 0.800 bits per heavy atom. The van der Waals surface area contributed by atoms with Crippen molar-refractivity contribution in [3.63, 3.8) is 0 Å². The molecule has 30 heavy (non-hydrogen) atoms. The van der Waals surface area contributed by atoms with Crippen LogP contribution in [0.3, 0.4) is 0 Å². The number of para-hydroxylation sites is 2. The quantitative estimate of drug-likeness (QED) is 0.601. The average molecular weight is 395 g/mol. The third kappa shape index (κ3) is 1.87. The summed E-state index contributed by atoms with van der Waals surface area (Å²) in [6.07, 6.45) is 0. The van der Waals surface area contributed by atoms with E-state index in [0.29, 0.717) is 11.4 Å². The number of rotatable bonds is 2. The van der Waals surface area contributed by atoms with Crippen LogP contribution in [0.1, 0.15) is 41.0 Å². The first-order chi connectivity index (χ1) is 14.6. The van der Waals surface area contributed by atoms with E-state index < -0.39 is 11.3 Å². The number of hydrogen-bond acceptors (Lipinski definition) is 3. The van der Waals surface area contributed by atoms with Crippen molar-refractivity contribution in [3.8, 4) is 5.75 Å². The van der Waals surface area contributed by atoms with Gasteiger partial charge in [0.05, 0.1) is 24.1 Å². The molecule has 7 rings (SSSR count). The highest BCUT2D eigenvalue weighted by Crippen LogP contribution is 2.67. The fourth-order valence-electron chi connectivity index (χ4n) is 6.16. The van der Waals surface area contributed by atoms with E-state index in [2.05, 4.69) is 24.3 Å². The summed E-state index contributed by atoms with van der Waals surface area (Å²) < 4.78 is 5.49. The molecule has 0 N–H and O–H groups in total. The van der Waals surface area contributed by atoms with Crippen LogP contribution < -0.4 is 9.64 Å². The van der Waals surface area contributed by atoms with Crippen LogP contribution >= 0.6 is 0 Å². The molecule has 1 fully saturated rings. The summed E-state index contributed by atoms with van der Waals surface area (Å²) in [6.45, 7) is 1.98. The van der Waals surface area contributed by atoms with Gasteiger partial charge in [-0.2, -0.15) is 0 Å². The van der Waals surface area contributed by atoms with Gasteiger partial charge in [-0.15, -0.1) is 0 Å². The number of anilines is 1. The highest BCUT2D eigenvalue weighted by molar-refractivity contribution is 6.25. The van der Waals surface area contributed by atoms with Crippen molar-refractivity contribution in [2.24, 2.45) is 11.3 Å². The lowest BCUT2D eigenvalue weighted by Crippen LogP contribution is -2.49. The van der Waals surface area contributed by atoms with Gasteiger partial charge in [0.15, 0.2) is 0 Å². The molecule has 2 atom stereocenters. The van der Waals surface area contributed by atoms with Gasteiger partial charge < -0.3 is 4.74 Å². The van der Waals surface area contributed by atoms with E-state index in [4.69, 9.17) is 4.74 Å². The molecule has 1 heterocycles. The number of imide groups is 1. The Morgan fingerprint density at radius 3 is 1.93 bits per heavy atom. The molecule has 0 unspecified atom stereocenters. The number of hydrogen-bond donors (Lipinski definition) is 0. The molecular weight excluding hydrogens is 374 g/mol. The number of nitrogens with zero attached hydrogens (tertiary/aromatic N) is 1. The number of amides is 2. The van der Waals surface area contributed by atoms with Crippen molar-refractivity contribution < 1.29 is 14.3 Å². The topological polar surface area (TPSA) is 46.6 Å². The van der Waals surface area contributed by atoms with Gasteiger partial charge in [-0.1, -0.05) is 60.7 Å². The van der Waals surface area contributed by atoms with Gasteiger partial charge in [-0.25, -0.2) is 4.90 Å². The highest BCUT2D eigenvalue weighted by atomic mass is 16.5. The van der Waals surface area contributed by atoms with E-state index in [0.717, 1.165) is 0 Å². The van der Waals surface area contributed by atoms with Crippen molar-refractivity contribution in [2.75, 3.05) is 12.0 Å². The maximum Gasteiger partial charge on any atom is 0.241 e. The molecule has 2 bridgehead atoms. The Labute approximate surface area is 175 Å². The lowest BCUT2D eigenvalue weighted by molar-refractivity contribution is -0.128. The lowest BCUT2D eigenvalue weighted by Gasteiger charge is -2.51. The summed E-state index contributed by atoms with van der Waals surface area (Å²) in [4.78, 5) is 29.3. The second kappa shape index (κ2) is 5.82. The van der Waals surface area contributed by atoms with Crippen molar-refractivity contribution >= 4 is 17.5 Å². The monoisotopic (exact) mass is 395 g/mol.